The van der Waals surface area contributed by atoms with Gasteiger partial charge >= 0.3 is 0 Å². The number of hydrogen-bond acceptors (Lipinski definition) is 3. The fraction of sp³-hybridized carbons (Fsp3) is 0.0833. The molecule has 0 radical (unpaired) electrons. The molecule has 1 N–H and O–H groups in total. The van der Waals surface area contributed by atoms with E-state index in [9.17, 15) is 4.79 Å². The second-order valence-corrected chi connectivity index (χ2v) is 7.06. The Balaban J connectivity index is 1.45. The zero-order valence-electron chi connectivity index (χ0n) is 15.9. The van der Waals surface area contributed by atoms with Crippen LogP contribution >= 0.6 is 0 Å². The summed E-state index contributed by atoms with van der Waals surface area (Å²) >= 11 is 0. The highest BCUT2D eigenvalue weighted by atomic mass is 16.5. The maximum atomic E-state index is 13.1. The number of rotatable bonds is 3. The lowest BCUT2D eigenvalue weighted by Crippen LogP contribution is -2.28. The van der Waals surface area contributed by atoms with Gasteiger partial charge in [-0.2, -0.15) is 5.10 Å². The highest BCUT2D eigenvalue weighted by Crippen LogP contribution is 2.43. The van der Waals surface area contributed by atoms with Crippen LogP contribution in [-0.2, 0) is 11.8 Å². The standard InChI is InChI=1S/C24H19N3O2/c1-27-15-16(17-8-2-5-11-20(17)27)14-25-26-24(28)23-18-9-3-6-12-21(18)29-22-13-7-4-10-19(22)23/h2-15,23H,1H3,(H,26,28)/b25-14-. The molecule has 0 spiro atoms. The molecule has 5 nitrogen and oxygen atoms in total. The molecule has 0 bridgehead atoms. The van der Waals surface area contributed by atoms with E-state index in [2.05, 4.69) is 16.6 Å². The Morgan fingerprint density at radius 1 is 0.966 bits per heavy atom. The summed E-state index contributed by atoms with van der Waals surface area (Å²) in [5.74, 6) is 0.735. The maximum Gasteiger partial charge on any atom is 0.252 e. The second-order valence-electron chi connectivity index (χ2n) is 7.06. The van der Waals surface area contributed by atoms with Gasteiger partial charge in [0.2, 0.25) is 0 Å². The first-order valence-corrected chi connectivity index (χ1v) is 9.45. The monoisotopic (exact) mass is 381 g/mol. The van der Waals surface area contributed by atoms with Gasteiger partial charge in [-0.05, 0) is 18.2 Å². The van der Waals surface area contributed by atoms with Crippen molar-refractivity contribution in [2.75, 3.05) is 0 Å². The Bertz CT molecular complexity index is 1210. The number of benzene rings is 3. The summed E-state index contributed by atoms with van der Waals surface area (Å²) in [4.78, 5) is 13.1. The van der Waals surface area contributed by atoms with Gasteiger partial charge in [0.1, 0.15) is 11.5 Å². The molecule has 1 aliphatic rings. The van der Waals surface area contributed by atoms with Gasteiger partial charge in [0.05, 0.1) is 12.1 Å². The van der Waals surface area contributed by atoms with E-state index in [4.69, 9.17) is 4.74 Å². The van der Waals surface area contributed by atoms with Crippen LogP contribution in [0.1, 0.15) is 22.6 Å². The molecular weight excluding hydrogens is 362 g/mol. The number of carbonyl (C=O) groups excluding carboxylic acids is 1. The van der Waals surface area contributed by atoms with Crippen molar-refractivity contribution in [3.63, 3.8) is 0 Å². The Labute approximate surface area is 168 Å². The van der Waals surface area contributed by atoms with Crippen molar-refractivity contribution in [1.82, 2.24) is 9.99 Å². The number of aryl methyl sites for hydroxylation is 1. The van der Waals surface area contributed by atoms with E-state index in [-0.39, 0.29) is 5.91 Å². The van der Waals surface area contributed by atoms with Gasteiger partial charge < -0.3 is 9.30 Å². The first-order valence-electron chi connectivity index (χ1n) is 9.45. The van der Waals surface area contributed by atoms with Crippen LogP contribution in [0, 0.1) is 0 Å². The molecule has 1 amide bonds. The number of amides is 1. The molecule has 3 aromatic carbocycles. The van der Waals surface area contributed by atoms with Crippen molar-refractivity contribution in [2.24, 2.45) is 12.1 Å². The summed E-state index contributed by atoms with van der Waals surface area (Å²) in [6.45, 7) is 0. The quantitative estimate of drug-likeness (QED) is 0.418. The van der Waals surface area contributed by atoms with Crippen LogP contribution in [0.2, 0.25) is 0 Å². The average molecular weight is 381 g/mol. The lowest BCUT2D eigenvalue weighted by atomic mass is 9.87. The van der Waals surface area contributed by atoms with Gasteiger partial charge in [0, 0.05) is 40.8 Å². The lowest BCUT2D eigenvalue weighted by Gasteiger charge is -2.26. The van der Waals surface area contributed by atoms with Gasteiger partial charge in [0.15, 0.2) is 0 Å². The van der Waals surface area contributed by atoms with E-state index >= 15 is 0 Å². The summed E-state index contributed by atoms with van der Waals surface area (Å²) in [6.07, 6.45) is 3.69. The third kappa shape index (κ3) is 2.97. The van der Waals surface area contributed by atoms with Crippen molar-refractivity contribution in [3.05, 3.63) is 95.7 Å². The van der Waals surface area contributed by atoms with Crippen molar-refractivity contribution in [1.29, 1.82) is 0 Å². The van der Waals surface area contributed by atoms with E-state index in [1.54, 1.807) is 6.21 Å². The van der Waals surface area contributed by atoms with E-state index in [1.165, 1.54) is 0 Å². The number of para-hydroxylation sites is 3. The number of hydrazone groups is 1. The largest absolute Gasteiger partial charge is 0.457 e. The molecule has 1 aromatic heterocycles. The molecule has 0 atom stereocenters. The number of aromatic nitrogens is 1. The highest BCUT2D eigenvalue weighted by molar-refractivity contribution is 6.00. The summed E-state index contributed by atoms with van der Waals surface area (Å²) in [7, 11) is 1.99. The fourth-order valence-corrected chi connectivity index (χ4v) is 3.90. The molecule has 5 rings (SSSR count). The zero-order valence-corrected chi connectivity index (χ0v) is 15.9. The van der Waals surface area contributed by atoms with Crippen molar-refractivity contribution in [3.8, 4) is 11.5 Å². The molecule has 0 fully saturated rings. The molecular formula is C24H19N3O2. The SMILES string of the molecule is Cn1cc(/C=N\NC(=O)C2c3ccccc3Oc3ccccc32)c2ccccc21. The minimum atomic E-state index is -0.471. The molecule has 0 aliphatic carbocycles. The van der Waals surface area contributed by atoms with Gasteiger partial charge in [0.25, 0.3) is 5.91 Å². The third-order valence-corrected chi connectivity index (χ3v) is 5.25. The number of carbonyl (C=O) groups is 1. The van der Waals surface area contributed by atoms with Crippen LogP contribution in [0.15, 0.2) is 84.1 Å². The molecule has 29 heavy (non-hydrogen) atoms. The smallest absolute Gasteiger partial charge is 0.252 e. The first kappa shape index (κ1) is 17.3. The summed E-state index contributed by atoms with van der Waals surface area (Å²) in [5.41, 5.74) is 6.47. The van der Waals surface area contributed by atoms with E-state index in [0.717, 1.165) is 27.6 Å². The van der Waals surface area contributed by atoms with Crippen LogP contribution in [0.25, 0.3) is 10.9 Å². The maximum absolute atomic E-state index is 13.1. The van der Waals surface area contributed by atoms with Crippen LogP contribution in [0.4, 0.5) is 0 Å². The Morgan fingerprint density at radius 2 is 1.59 bits per heavy atom. The summed E-state index contributed by atoms with van der Waals surface area (Å²) < 4.78 is 8.01. The minimum absolute atomic E-state index is 0.190. The molecule has 5 heteroatoms. The van der Waals surface area contributed by atoms with Crippen LogP contribution in [0.3, 0.4) is 0 Å². The summed E-state index contributed by atoms with van der Waals surface area (Å²) in [6, 6.07) is 23.3. The topological polar surface area (TPSA) is 55.6 Å². The van der Waals surface area contributed by atoms with Crippen molar-refractivity contribution >= 4 is 23.0 Å². The molecule has 142 valence electrons. The molecule has 0 saturated carbocycles. The molecule has 0 unspecified atom stereocenters. The van der Waals surface area contributed by atoms with Crippen LogP contribution in [-0.4, -0.2) is 16.7 Å². The second kappa shape index (κ2) is 6.95. The molecule has 2 heterocycles. The Morgan fingerprint density at radius 3 is 2.31 bits per heavy atom. The highest BCUT2D eigenvalue weighted by Gasteiger charge is 2.32. The molecule has 4 aromatic rings. The number of nitrogens with one attached hydrogen (secondary N) is 1. The predicted octanol–water partition coefficient (Wildman–Crippen LogP) is 4.57. The normalized spacial score (nSPS) is 13.1. The van der Waals surface area contributed by atoms with E-state index < -0.39 is 5.92 Å². The van der Waals surface area contributed by atoms with Gasteiger partial charge in [-0.15, -0.1) is 0 Å². The van der Waals surface area contributed by atoms with Gasteiger partial charge in [-0.25, -0.2) is 5.43 Å². The van der Waals surface area contributed by atoms with Crippen LogP contribution in [0.5, 0.6) is 11.5 Å². The molecule has 1 aliphatic heterocycles. The number of hydrogen-bond donors (Lipinski definition) is 1. The van der Waals surface area contributed by atoms with Gasteiger partial charge in [-0.1, -0.05) is 54.6 Å². The van der Waals surface area contributed by atoms with Crippen LogP contribution < -0.4 is 10.2 Å². The average Bonchev–Trinajstić information content (AvgIpc) is 3.07. The zero-order chi connectivity index (χ0) is 19.8. The number of ether oxygens (including phenoxy) is 1. The van der Waals surface area contributed by atoms with Crippen molar-refractivity contribution < 1.29 is 9.53 Å². The number of nitrogens with zero attached hydrogens (tertiary/aromatic N) is 2. The Kier molecular flexibility index (Phi) is 4.13. The first-order chi connectivity index (χ1) is 14.2. The van der Waals surface area contributed by atoms with Gasteiger partial charge in [-0.3, -0.25) is 4.79 Å². The van der Waals surface area contributed by atoms with Crippen molar-refractivity contribution in [2.45, 2.75) is 5.92 Å². The third-order valence-electron chi connectivity index (χ3n) is 5.25. The lowest BCUT2D eigenvalue weighted by molar-refractivity contribution is -0.121. The van der Waals surface area contributed by atoms with E-state index in [0.29, 0.717) is 11.5 Å². The minimum Gasteiger partial charge on any atom is -0.457 e. The fourth-order valence-electron chi connectivity index (χ4n) is 3.90. The predicted molar refractivity (Wildman–Crippen MR) is 113 cm³/mol. The summed E-state index contributed by atoms with van der Waals surface area (Å²) in [5, 5.41) is 5.34. The number of fused-ring (bicyclic) bond motifs is 3. The van der Waals surface area contributed by atoms with E-state index in [1.807, 2.05) is 84.5 Å². The molecule has 0 saturated heterocycles. The Hall–Kier alpha value is -3.86.